The fourth-order valence-corrected chi connectivity index (χ4v) is 2.64. The second kappa shape index (κ2) is 7.38. The number of ether oxygens (including phenoxy) is 1. The Labute approximate surface area is 132 Å². The maximum absolute atomic E-state index is 11.1. The van der Waals surface area contributed by atoms with E-state index in [0.29, 0.717) is 17.4 Å². The van der Waals surface area contributed by atoms with E-state index in [1.54, 1.807) is 23.9 Å². The standard InChI is InChI=1S/C16H15ClO3S/c1-11-2-5-13(6-3-11)21-9-8-20-15-7-4-12(17)10-14(15)16(18)19/h2-7,10H,8-9H2,1H3,(H,18,19). The molecule has 0 aliphatic carbocycles. The van der Waals surface area contributed by atoms with Crippen molar-refractivity contribution in [1.29, 1.82) is 0 Å². The van der Waals surface area contributed by atoms with Gasteiger partial charge in [-0.3, -0.25) is 0 Å². The summed E-state index contributed by atoms with van der Waals surface area (Å²) in [6.07, 6.45) is 0. The van der Waals surface area contributed by atoms with Gasteiger partial charge in [0.15, 0.2) is 0 Å². The third-order valence-corrected chi connectivity index (χ3v) is 4.01. The molecule has 110 valence electrons. The van der Waals surface area contributed by atoms with Crippen LogP contribution in [0.3, 0.4) is 0 Å². The van der Waals surface area contributed by atoms with Gasteiger partial charge in [0.1, 0.15) is 11.3 Å². The van der Waals surface area contributed by atoms with E-state index in [0.717, 1.165) is 5.75 Å². The number of hydrogen-bond acceptors (Lipinski definition) is 3. The van der Waals surface area contributed by atoms with Crippen molar-refractivity contribution in [1.82, 2.24) is 0 Å². The molecule has 1 N–H and O–H groups in total. The monoisotopic (exact) mass is 322 g/mol. The molecule has 0 aliphatic rings. The highest BCUT2D eigenvalue weighted by Gasteiger charge is 2.11. The number of hydrogen-bond donors (Lipinski definition) is 1. The van der Waals surface area contributed by atoms with Gasteiger partial charge in [-0.05, 0) is 37.3 Å². The molecule has 0 saturated heterocycles. The quantitative estimate of drug-likeness (QED) is 0.627. The zero-order valence-corrected chi connectivity index (χ0v) is 13.1. The summed E-state index contributed by atoms with van der Waals surface area (Å²) < 4.78 is 5.54. The molecule has 0 unspecified atom stereocenters. The minimum atomic E-state index is -1.04. The van der Waals surface area contributed by atoms with E-state index in [-0.39, 0.29) is 5.56 Å². The molecule has 3 nitrogen and oxygen atoms in total. The van der Waals surface area contributed by atoms with Crippen molar-refractivity contribution in [3.63, 3.8) is 0 Å². The van der Waals surface area contributed by atoms with Crippen molar-refractivity contribution in [3.8, 4) is 5.75 Å². The van der Waals surface area contributed by atoms with Crippen LogP contribution in [0.1, 0.15) is 15.9 Å². The molecule has 0 saturated carbocycles. The van der Waals surface area contributed by atoms with Crippen LogP contribution in [-0.2, 0) is 0 Å². The molecule has 0 bridgehead atoms. The average Bonchev–Trinajstić information content (AvgIpc) is 2.46. The van der Waals surface area contributed by atoms with Gasteiger partial charge in [-0.25, -0.2) is 4.79 Å². The molecule has 0 radical (unpaired) electrons. The Hall–Kier alpha value is -1.65. The molecule has 2 rings (SSSR count). The molecule has 2 aromatic rings. The summed E-state index contributed by atoms with van der Waals surface area (Å²) >= 11 is 7.46. The number of aromatic carboxylic acids is 1. The SMILES string of the molecule is Cc1ccc(SCCOc2ccc(Cl)cc2C(=O)O)cc1. The van der Waals surface area contributed by atoms with Crippen LogP contribution in [-0.4, -0.2) is 23.4 Å². The predicted octanol–water partition coefficient (Wildman–Crippen LogP) is 4.52. The Bertz CT molecular complexity index is 626. The summed E-state index contributed by atoms with van der Waals surface area (Å²) in [5.74, 6) is 0.0418. The van der Waals surface area contributed by atoms with Gasteiger partial charge in [0, 0.05) is 15.7 Å². The molecular formula is C16H15ClO3S. The normalized spacial score (nSPS) is 10.4. The van der Waals surface area contributed by atoms with Crippen molar-refractivity contribution < 1.29 is 14.6 Å². The van der Waals surface area contributed by atoms with Gasteiger partial charge in [0.25, 0.3) is 0 Å². The van der Waals surface area contributed by atoms with E-state index in [2.05, 4.69) is 24.3 Å². The van der Waals surface area contributed by atoms with Crippen LogP contribution < -0.4 is 4.74 Å². The van der Waals surface area contributed by atoms with Gasteiger partial charge in [0.05, 0.1) is 6.61 Å². The van der Waals surface area contributed by atoms with Crippen LogP contribution in [0, 0.1) is 6.92 Å². The molecule has 0 spiro atoms. The van der Waals surface area contributed by atoms with E-state index in [9.17, 15) is 4.79 Å². The third kappa shape index (κ3) is 4.69. The van der Waals surface area contributed by atoms with E-state index in [4.69, 9.17) is 21.4 Å². The van der Waals surface area contributed by atoms with Gasteiger partial charge >= 0.3 is 5.97 Å². The van der Waals surface area contributed by atoms with Crippen LogP contribution >= 0.6 is 23.4 Å². The molecule has 0 heterocycles. The number of benzene rings is 2. The summed E-state index contributed by atoms with van der Waals surface area (Å²) in [7, 11) is 0. The first-order valence-corrected chi connectivity index (χ1v) is 7.78. The zero-order valence-electron chi connectivity index (χ0n) is 11.5. The third-order valence-electron chi connectivity index (χ3n) is 2.80. The summed E-state index contributed by atoms with van der Waals surface area (Å²) in [4.78, 5) is 12.3. The Morgan fingerprint density at radius 2 is 1.95 bits per heavy atom. The lowest BCUT2D eigenvalue weighted by molar-refractivity contribution is 0.0692. The Kier molecular flexibility index (Phi) is 5.53. The second-order valence-electron chi connectivity index (χ2n) is 4.46. The predicted molar refractivity (Wildman–Crippen MR) is 85.8 cm³/mol. The van der Waals surface area contributed by atoms with E-state index >= 15 is 0 Å². The van der Waals surface area contributed by atoms with Crippen LogP contribution in [0.15, 0.2) is 47.4 Å². The molecule has 5 heteroatoms. The summed E-state index contributed by atoms with van der Waals surface area (Å²) in [5.41, 5.74) is 1.31. The minimum absolute atomic E-state index is 0.0860. The van der Waals surface area contributed by atoms with Gasteiger partial charge in [-0.1, -0.05) is 29.3 Å². The van der Waals surface area contributed by atoms with Crippen LogP contribution in [0.4, 0.5) is 0 Å². The van der Waals surface area contributed by atoms with Gasteiger partial charge in [0.2, 0.25) is 0 Å². The molecule has 21 heavy (non-hydrogen) atoms. The van der Waals surface area contributed by atoms with Crippen LogP contribution in [0.2, 0.25) is 5.02 Å². The Morgan fingerprint density at radius 3 is 2.62 bits per heavy atom. The number of carbonyl (C=O) groups is 1. The van der Waals surface area contributed by atoms with Crippen LogP contribution in [0.5, 0.6) is 5.75 Å². The lowest BCUT2D eigenvalue weighted by atomic mass is 10.2. The molecule has 0 aliphatic heterocycles. The zero-order chi connectivity index (χ0) is 15.2. The highest BCUT2D eigenvalue weighted by molar-refractivity contribution is 7.99. The van der Waals surface area contributed by atoms with Crippen molar-refractivity contribution in [2.45, 2.75) is 11.8 Å². The van der Waals surface area contributed by atoms with Crippen molar-refractivity contribution in [2.24, 2.45) is 0 Å². The number of rotatable bonds is 6. The van der Waals surface area contributed by atoms with E-state index in [1.807, 2.05) is 6.92 Å². The second-order valence-corrected chi connectivity index (χ2v) is 6.06. The number of halogens is 1. The summed E-state index contributed by atoms with van der Waals surface area (Å²) in [5, 5.41) is 9.49. The topological polar surface area (TPSA) is 46.5 Å². The highest BCUT2D eigenvalue weighted by atomic mass is 35.5. The Balaban J connectivity index is 1.89. The number of carboxylic acid groups (broad SMARTS) is 1. The first-order valence-electron chi connectivity index (χ1n) is 6.41. The largest absolute Gasteiger partial charge is 0.492 e. The maximum Gasteiger partial charge on any atom is 0.339 e. The van der Waals surface area contributed by atoms with E-state index in [1.165, 1.54) is 16.5 Å². The first kappa shape index (κ1) is 15.7. The molecule has 0 aromatic heterocycles. The van der Waals surface area contributed by atoms with Gasteiger partial charge in [-0.15, -0.1) is 11.8 Å². The lowest BCUT2D eigenvalue weighted by Crippen LogP contribution is -2.06. The number of aryl methyl sites for hydroxylation is 1. The molecule has 0 atom stereocenters. The van der Waals surface area contributed by atoms with Gasteiger partial charge < -0.3 is 9.84 Å². The van der Waals surface area contributed by atoms with Gasteiger partial charge in [-0.2, -0.15) is 0 Å². The summed E-state index contributed by atoms with van der Waals surface area (Å²) in [6.45, 7) is 2.48. The molecular weight excluding hydrogens is 308 g/mol. The molecule has 0 amide bonds. The van der Waals surface area contributed by atoms with Crippen LogP contribution in [0.25, 0.3) is 0 Å². The smallest absolute Gasteiger partial charge is 0.339 e. The Morgan fingerprint density at radius 1 is 1.24 bits per heavy atom. The maximum atomic E-state index is 11.1. The first-order chi connectivity index (χ1) is 10.1. The number of carboxylic acids is 1. The molecule has 2 aromatic carbocycles. The fraction of sp³-hybridized carbons (Fsp3) is 0.188. The van der Waals surface area contributed by atoms with Crippen molar-refractivity contribution >= 4 is 29.3 Å². The highest BCUT2D eigenvalue weighted by Crippen LogP contribution is 2.24. The van der Waals surface area contributed by atoms with Crippen molar-refractivity contribution in [2.75, 3.05) is 12.4 Å². The minimum Gasteiger partial charge on any atom is -0.492 e. The number of thioether (sulfide) groups is 1. The fourth-order valence-electron chi connectivity index (χ4n) is 1.74. The lowest BCUT2D eigenvalue weighted by Gasteiger charge is -2.09. The average molecular weight is 323 g/mol. The van der Waals surface area contributed by atoms with E-state index < -0.39 is 5.97 Å². The molecule has 0 fully saturated rings. The summed E-state index contributed by atoms with van der Waals surface area (Å²) in [6, 6.07) is 12.8. The van der Waals surface area contributed by atoms with Crippen molar-refractivity contribution in [3.05, 3.63) is 58.6 Å².